The van der Waals surface area contributed by atoms with Crippen LogP contribution in [0.5, 0.6) is 0 Å². The predicted octanol–water partition coefficient (Wildman–Crippen LogP) is 1.35. The van der Waals surface area contributed by atoms with E-state index in [1.165, 1.54) is 25.1 Å². The molecule has 2 amide bonds. The Morgan fingerprint density at radius 3 is 2.72 bits per heavy atom. The van der Waals surface area contributed by atoms with Gasteiger partial charge in [0.15, 0.2) is 0 Å². The van der Waals surface area contributed by atoms with Crippen LogP contribution in [0.25, 0.3) is 0 Å². The fraction of sp³-hybridized carbons (Fsp3) is 0.409. The standard InChI is InChI=1S/C22H27N5O4S/c1-25(2)32(30,31)17-9-10-18-20(13-17)27(22(29)19-8-4-6-12-26(18)19)15-21(28)24-14-16-7-3-5-11-23-16/h3,5,7,9-11,13,19H,4,6,8,12,14-15H2,1-2H3,(H,24,28)/t19-/m0/s1. The summed E-state index contributed by atoms with van der Waals surface area (Å²) < 4.78 is 26.5. The topological polar surface area (TPSA) is 103 Å². The molecule has 0 saturated carbocycles. The molecule has 170 valence electrons. The van der Waals surface area contributed by atoms with Gasteiger partial charge in [-0.1, -0.05) is 6.07 Å². The molecule has 1 fully saturated rings. The van der Waals surface area contributed by atoms with Gasteiger partial charge in [0.05, 0.1) is 28.5 Å². The largest absolute Gasteiger partial charge is 0.358 e. The van der Waals surface area contributed by atoms with Crippen molar-refractivity contribution < 1.29 is 18.0 Å². The molecule has 1 aromatic heterocycles. The Labute approximate surface area is 188 Å². The molecule has 2 aliphatic heterocycles. The van der Waals surface area contributed by atoms with Gasteiger partial charge < -0.3 is 10.2 Å². The first-order valence-corrected chi connectivity index (χ1v) is 12.0. The van der Waals surface area contributed by atoms with E-state index < -0.39 is 10.0 Å². The zero-order valence-electron chi connectivity index (χ0n) is 18.2. The van der Waals surface area contributed by atoms with Crippen molar-refractivity contribution in [3.63, 3.8) is 0 Å². The number of benzene rings is 1. The van der Waals surface area contributed by atoms with Crippen LogP contribution in [0.2, 0.25) is 0 Å². The summed E-state index contributed by atoms with van der Waals surface area (Å²) in [6.07, 6.45) is 4.26. The predicted molar refractivity (Wildman–Crippen MR) is 121 cm³/mol. The van der Waals surface area contributed by atoms with Crippen LogP contribution in [-0.2, 0) is 26.2 Å². The molecule has 1 N–H and O–H groups in total. The van der Waals surface area contributed by atoms with Crippen molar-refractivity contribution in [3.05, 3.63) is 48.3 Å². The number of rotatable bonds is 6. The van der Waals surface area contributed by atoms with Gasteiger partial charge in [-0.3, -0.25) is 19.5 Å². The Morgan fingerprint density at radius 1 is 1.19 bits per heavy atom. The highest BCUT2D eigenvalue weighted by Gasteiger charge is 2.40. The van der Waals surface area contributed by atoms with E-state index in [1.807, 2.05) is 11.0 Å². The Bertz CT molecular complexity index is 1120. The maximum Gasteiger partial charge on any atom is 0.250 e. The van der Waals surface area contributed by atoms with Gasteiger partial charge in [0, 0.05) is 26.8 Å². The smallest absolute Gasteiger partial charge is 0.250 e. The molecule has 0 unspecified atom stereocenters. The van der Waals surface area contributed by atoms with Crippen molar-refractivity contribution >= 4 is 33.2 Å². The second-order valence-electron chi connectivity index (χ2n) is 8.17. The number of carbonyl (C=O) groups excluding carboxylic acids is 2. The number of nitrogens with one attached hydrogen (secondary N) is 1. The maximum atomic E-state index is 13.4. The molecular weight excluding hydrogens is 430 g/mol. The number of anilines is 2. The van der Waals surface area contributed by atoms with Crippen LogP contribution in [-0.4, -0.2) is 62.7 Å². The number of piperidine rings is 1. The summed E-state index contributed by atoms with van der Waals surface area (Å²) in [6, 6.07) is 9.91. The molecule has 0 spiro atoms. The number of carbonyl (C=O) groups is 2. The number of amides is 2. The third-order valence-electron chi connectivity index (χ3n) is 5.87. The quantitative estimate of drug-likeness (QED) is 0.703. The highest BCUT2D eigenvalue weighted by atomic mass is 32.2. The van der Waals surface area contributed by atoms with Gasteiger partial charge in [0.1, 0.15) is 12.6 Å². The van der Waals surface area contributed by atoms with E-state index in [9.17, 15) is 18.0 Å². The molecule has 0 aliphatic carbocycles. The lowest BCUT2D eigenvalue weighted by Crippen LogP contribution is -2.57. The lowest BCUT2D eigenvalue weighted by molar-refractivity contribution is -0.125. The van der Waals surface area contributed by atoms with Gasteiger partial charge in [-0.05, 0) is 49.6 Å². The van der Waals surface area contributed by atoms with Gasteiger partial charge >= 0.3 is 0 Å². The number of nitrogens with zero attached hydrogens (tertiary/aromatic N) is 4. The van der Waals surface area contributed by atoms with E-state index in [0.29, 0.717) is 17.8 Å². The van der Waals surface area contributed by atoms with Crippen LogP contribution in [0, 0.1) is 0 Å². The second-order valence-corrected chi connectivity index (χ2v) is 10.3. The summed E-state index contributed by atoms with van der Waals surface area (Å²) in [5.74, 6) is -0.510. The minimum absolute atomic E-state index is 0.0865. The summed E-state index contributed by atoms with van der Waals surface area (Å²) >= 11 is 0. The van der Waals surface area contributed by atoms with Gasteiger partial charge in [0.25, 0.3) is 0 Å². The molecule has 1 saturated heterocycles. The van der Waals surface area contributed by atoms with Gasteiger partial charge in [-0.2, -0.15) is 0 Å². The van der Waals surface area contributed by atoms with Gasteiger partial charge in [-0.15, -0.1) is 0 Å². The monoisotopic (exact) mass is 457 g/mol. The highest BCUT2D eigenvalue weighted by molar-refractivity contribution is 7.89. The molecule has 32 heavy (non-hydrogen) atoms. The molecule has 0 bridgehead atoms. The van der Waals surface area contributed by atoms with Crippen molar-refractivity contribution in [2.24, 2.45) is 0 Å². The first-order chi connectivity index (χ1) is 15.3. The van der Waals surface area contributed by atoms with Crippen molar-refractivity contribution in [3.8, 4) is 0 Å². The summed E-state index contributed by atoms with van der Waals surface area (Å²) in [5, 5.41) is 2.80. The first-order valence-electron chi connectivity index (χ1n) is 10.6. The Balaban J connectivity index is 1.65. The minimum Gasteiger partial charge on any atom is -0.358 e. The minimum atomic E-state index is -3.69. The number of aromatic nitrogens is 1. The number of hydrogen-bond acceptors (Lipinski definition) is 6. The molecule has 10 heteroatoms. The second kappa shape index (κ2) is 8.87. The summed E-state index contributed by atoms with van der Waals surface area (Å²) in [7, 11) is -0.764. The molecule has 0 radical (unpaired) electrons. The summed E-state index contributed by atoms with van der Waals surface area (Å²) in [4.78, 5) is 33.8. The molecule has 4 rings (SSSR count). The zero-order valence-corrected chi connectivity index (χ0v) is 19.0. The van der Waals surface area contributed by atoms with Crippen LogP contribution < -0.4 is 15.1 Å². The number of hydrogen-bond donors (Lipinski definition) is 1. The molecule has 2 aromatic rings. The molecule has 2 aliphatic rings. The van der Waals surface area contributed by atoms with E-state index in [0.717, 1.165) is 29.4 Å². The average Bonchev–Trinajstić information content (AvgIpc) is 2.80. The molecular formula is C22H27N5O4S. The van der Waals surface area contributed by atoms with Crippen LogP contribution in [0.3, 0.4) is 0 Å². The SMILES string of the molecule is CN(C)S(=O)(=O)c1ccc2c(c1)N(CC(=O)NCc1ccccn1)C(=O)[C@@H]1CCCCN21. The average molecular weight is 458 g/mol. The fourth-order valence-corrected chi connectivity index (χ4v) is 5.09. The van der Waals surface area contributed by atoms with Crippen LogP contribution in [0.4, 0.5) is 11.4 Å². The van der Waals surface area contributed by atoms with E-state index in [1.54, 1.807) is 30.5 Å². The van der Waals surface area contributed by atoms with Crippen molar-refractivity contribution in [2.75, 3.05) is 37.0 Å². The van der Waals surface area contributed by atoms with Crippen LogP contribution in [0.15, 0.2) is 47.5 Å². The van der Waals surface area contributed by atoms with Crippen molar-refractivity contribution in [1.29, 1.82) is 0 Å². The summed E-state index contributed by atoms with van der Waals surface area (Å²) in [5.41, 5.74) is 1.94. The normalized spacial score (nSPS) is 18.3. The van der Waals surface area contributed by atoms with E-state index in [2.05, 4.69) is 10.3 Å². The van der Waals surface area contributed by atoms with E-state index in [-0.39, 0.29) is 35.8 Å². The van der Waals surface area contributed by atoms with Crippen molar-refractivity contribution in [1.82, 2.24) is 14.6 Å². The lowest BCUT2D eigenvalue weighted by atomic mass is 9.96. The Morgan fingerprint density at radius 2 is 2.00 bits per heavy atom. The van der Waals surface area contributed by atoms with Gasteiger partial charge in [-0.25, -0.2) is 12.7 Å². The molecule has 1 atom stereocenters. The molecule has 3 heterocycles. The van der Waals surface area contributed by atoms with Gasteiger partial charge in [0.2, 0.25) is 21.8 Å². The Hall–Kier alpha value is -2.98. The first kappa shape index (κ1) is 22.2. The lowest BCUT2D eigenvalue weighted by Gasteiger charge is -2.45. The fourth-order valence-electron chi connectivity index (χ4n) is 4.16. The Kier molecular flexibility index (Phi) is 6.16. The van der Waals surface area contributed by atoms with Crippen molar-refractivity contribution in [2.45, 2.75) is 36.7 Å². The number of sulfonamides is 1. The maximum absolute atomic E-state index is 13.4. The molecule has 1 aromatic carbocycles. The summed E-state index contributed by atoms with van der Waals surface area (Å²) in [6.45, 7) is 0.788. The van der Waals surface area contributed by atoms with E-state index >= 15 is 0 Å². The van der Waals surface area contributed by atoms with Crippen LogP contribution >= 0.6 is 0 Å². The van der Waals surface area contributed by atoms with Crippen LogP contribution in [0.1, 0.15) is 25.0 Å². The number of pyridine rings is 1. The third-order valence-corrected chi connectivity index (χ3v) is 7.69. The molecule has 9 nitrogen and oxygen atoms in total. The number of fused-ring (bicyclic) bond motifs is 3. The van der Waals surface area contributed by atoms with E-state index in [4.69, 9.17) is 0 Å². The highest BCUT2D eigenvalue weighted by Crippen LogP contribution is 2.40. The zero-order chi connectivity index (χ0) is 22.9. The third kappa shape index (κ3) is 4.20.